The Bertz CT molecular complexity index is 1310. The minimum Gasteiger partial charge on any atom is -0.334 e. The van der Waals surface area contributed by atoms with E-state index in [2.05, 4.69) is 10.1 Å². The zero-order chi connectivity index (χ0) is 22.3. The van der Waals surface area contributed by atoms with E-state index in [4.69, 9.17) is 0 Å². The monoisotopic (exact) mass is 455 g/mol. The van der Waals surface area contributed by atoms with Crippen molar-refractivity contribution < 1.29 is 13.2 Å². The third-order valence-electron chi connectivity index (χ3n) is 6.47. The standard InChI is InChI=1S/C22H25N5O4S/c28-20(26(16-6-4-5-7-16)18-10-11-32(30,31)14-18)13-25-15-23-21-19(22(25)29)12-24-27(21)17-8-2-1-3-9-17/h1-3,8-9,12,15-16,18H,4-7,10-11,13-14H2. The Morgan fingerprint density at radius 2 is 1.84 bits per heavy atom. The summed E-state index contributed by atoms with van der Waals surface area (Å²) in [6, 6.07) is 9.12. The van der Waals surface area contributed by atoms with E-state index in [-0.39, 0.29) is 41.6 Å². The molecule has 1 saturated carbocycles. The molecule has 3 aromatic rings. The van der Waals surface area contributed by atoms with Crippen molar-refractivity contribution >= 4 is 26.8 Å². The van der Waals surface area contributed by atoms with Gasteiger partial charge in [0.2, 0.25) is 5.91 Å². The van der Waals surface area contributed by atoms with Gasteiger partial charge < -0.3 is 4.90 Å². The molecule has 0 radical (unpaired) electrons. The van der Waals surface area contributed by atoms with Gasteiger partial charge in [-0.05, 0) is 31.4 Å². The Kier molecular flexibility index (Phi) is 5.32. The van der Waals surface area contributed by atoms with E-state index >= 15 is 0 Å². The highest BCUT2D eigenvalue weighted by atomic mass is 32.2. The van der Waals surface area contributed by atoms with Crippen LogP contribution in [-0.2, 0) is 21.2 Å². The third-order valence-corrected chi connectivity index (χ3v) is 8.22. The maximum atomic E-state index is 13.3. The molecule has 32 heavy (non-hydrogen) atoms. The number of hydrogen-bond donors (Lipinski definition) is 0. The lowest BCUT2D eigenvalue weighted by Gasteiger charge is -2.34. The first kappa shape index (κ1) is 20.9. The van der Waals surface area contributed by atoms with Crippen LogP contribution >= 0.6 is 0 Å². The van der Waals surface area contributed by atoms with Crippen molar-refractivity contribution in [1.29, 1.82) is 0 Å². The number of benzene rings is 1. The fourth-order valence-electron chi connectivity index (χ4n) is 4.93. The highest BCUT2D eigenvalue weighted by Gasteiger charge is 2.39. The predicted molar refractivity (Wildman–Crippen MR) is 119 cm³/mol. The molecule has 10 heteroatoms. The van der Waals surface area contributed by atoms with Crippen LogP contribution < -0.4 is 5.56 Å². The number of carbonyl (C=O) groups excluding carboxylic acids is 1. The van der Waals surface area contributed by atoms with E-state index in [9.17, 15) is 18.0 Å². The van der Waals surface area contributed by atoms with Gasteiger partial charge in [0, 0.05) is 12.1 Å². The summed E-state index contributed by atoms with van der Waals surface area (Å²) in [5.41, 5.74) is 0.883. The Morgan fingerprint density at radius 3 is 2.53 bits per heavy atom. The Labute approximate surface area is 185 Å². The van der Waals surface area contributed by atoms with Gasteiger partial charge in [0.05, 0.1) is 23.4 Å². The zero-order valence-corrected chi connectivity index (χ0v) is 18.4. The van der Waals surface area contributed by atoms with Crippen molar-refractivity contribution in [3.05, 3.63) is 53.2 Å². The second-order valence-electron chi connectivity index (χ2n) is 8.60. The van der Waals surface area contributed by atoms with Crippen LogP contribution in [0, 0.1) is 0 Å². The summed E-state index contributed by atoms with van der Waals surface area (Å²) in [5, 5.41) is 4.64. The molecule has 1 atom stereocenters. The molecule has 0 spiro atoms. The van der Waals surface area contributed by atoms with Crippen molar-refractivity contribution in [3.8, 4) is 5.69 Å². The lowest BCUT2D eigenvalue weighted by atomic mass is 10.1. The molecule has 2 fully saturated rings. The average molecular weight is 456 g/mol. The lowest BCUT2D eigenvalue weighted by molar-refractivity contribution is -0.136. The average Bonchev–Trinajstić information content (AvgIpc) is 3.52. The fraction of sp³-hybridized carbons (Fsp3) is 0.455. The first-order valence-electron chi connectivity index (χ1n) is 10.9. The molecule has 1 amide bonds. The van der Waals surface area contributed by atoms with Gasteiger partial charge in [0.1, 0.15) is 18.3 Å². The lowest BCUT2D eigenvalue weighted by Crippen LogP contribution is -2.49. The fourth-order valence-corrected chi connectivity index (χ4v) is 6.64. The number of fused-ring (bicyclic) bond motifs is 1. The Morgan fingerprint density at radius 1 is 1.09 bits per heavy atom. The summed E-state index contributed by atoms with van der Waals surface area (Å²) >= 11 is 0. The minimum atomic E-state index is -3.12. The smallest absolute Gasteiger partial charge is 0.264 e. The number of carbonyl (C=O) groups is 1. The highest BCUT2D eigenvalue weighted by molar-refractivity contribution is 7.91. The number of rotatable bonds is 5. The second kappa shape index (κ2) is 8.16. The van der Waals surface area contributed by atoms with Crippen molar-refractivity contribution in [3.63, 3.8) is 0 Å². The molecule has 9 nitrogen and oxygen atoms in total. The Balaban J connectivity index is 1.44. The highest BCUT2D eigenvalue weighted by Crippen LogP contribution is 2.29. The third kappa shape index (κ3) is 3.83. The normalized spacial score (nSPS) is 20.7. The molecule has 1 unspecified atom stereocenters. The summed E-state index contributed by atoms with van der Waals surface area (Å²) in [4.78, 5) is 32.6. The molecule has 1 aliphatic carbocycles. The summed E-state index contributed by atoms with van der Waals surface area (Å²) in [6.07, 6.45) is 7.11. The van der Waals surface area contributed by atoms with E-state index in [0.29, 0.717) is 17.5 Å². The molecule has 2 aliphatic rings. The maximum absolute atomic E-state index is 13.3. The predicted octanol–water partition coefficient (Wildman–Crippen LogP) is 1.54. The summed E-state index contributed by atoms with van der Waals surface area (Å²) in [6.45, 7) is -0.161. The van der Waals surface area contributed by atoms with E-state index < -0.39 is 9.84 Å². The van der Waals surface area contributed by atoms with Gasteiger partial charge in [-0.15, -0.1) is 0 Å². The van der Waals surface area contributed by atoms with E-state index in [1.54, 1.807) is 9.58 Å². The first-order valence-corrected chi connectivity index (χ1v) is 12.8. The molecule has 5 rings (SSSR count). The maximum Gasteiger partial charge on any atom is 0.264 e. The van der Waals surface area contributed by atoms with Crippen molar-refractivity contribution in [2.75, 3.05) is 11.5 Å². The number of sulfone groups is 1. The van der Waals surface area contributed by atoms with Crippen LogP contribution in [0.2, 0.25) is 0 Å². The Hall–Kier alpha value is -3.01. The van der Waals surface area contributed by atoms with Crippen LogP contribution in [0.3, 0.4) is 0 Å². The summed E-state index contributed by atoms with van der Waals surface area (Å²) in [7, 11) is -3.12. The van der Waals surface area contributed by atoms with Crippen LogP contribution in [0.15, 0.2) is 47.7 Å². The number of aromatic nitrogens is 4. The van der Waals surface area contributed by atoms with Gasteiger partial charge in [-0.25, -0.2) is 18.1 Å². The molecular weight excluding hydrogens is 430 g/mol. The molecule has 168 valence electrons. The summed E-state index contributed by atoms with van der Waals surface area (Å²) in [5.74, 6) is -0.108. The van der Waals surface area contributed by atoms with Gasteiger partial charge in [0.25, 0.3) is 5.56 Å². The number of amides is 1. The van der Waals surface area contributed by atoms with Gasteiger partial charge in [-0.2, -0.15) is 5.10 Å². The largest absolute Gasteiger partial charge is 0.334 e. The van der Waals surface area contributed by atoms with Crippen molar-refractivity contribution in [2.45, 2.75) is 50.7 Å². The molecule has 0 bridgehead atoms. The summed E-state index contributed by atoms with van der Waals surface area (Å²) < 4.78 is 27.0. The topological polar surface area (TPSA) is 107 Å². The second-order valence-corrected chi connectivity index (χ2v) is 10.8. The van der Waals surface area contributed by atoms with Crippen LogP contribution in [0.25, 0.3) is 16.7 Å². The molecule has 1 aromatic carbocycles. The van der Waals surface area contributed by atoms with Crippen LogP contribution in [0.5, 0.6) is 0 Å². The van der Waals surface area contributed by atoms with Crippen molar-refractivity contribution in [2.24, 2.45) is 0 Å². The van der Waals surface area contributed by atoms with Gasteiger partial charge in [-0.3, -0.25) is 14.2 Å². The quantitative estimate of drug-likeness (QED) is 0.578. The molecule has 3 heterocycles. The van der Waals surface area contributed by atoms with E-state index in [0.717, 1.165) is 31.4 Å². The first-order chi connectivity index (χ1) is 15.4. The molecule has 1 saturated heterocycles. The van der Waals surface area contributed by atoms with Crippen LogP contribution in [0.1, 0.15) is 32.1 Å². The number of nitrogens with zero attached hydrogens (tertiary/aromatic N) is 5. The minimum absolute atomic E-state index is 0.00523. The zero-order valence-electron chi connectivity index (χ0n) is 17.6. The molecule has 2 aromatic heterocycles. The van der Waals surface area contributed by atoms with Crippen molar-refractivity contribution in [1.82, 2.24) is 24.2 Å². The van der Waals surface area contributed by atoms with Gasteiger partial charge in [-0.1, -0.05) is 31.0 Å². The van der Waals surface area contributed by atoms with E-state index in [1.165, 1.54) is 17.1 Å². The van der Waals surface area contributed by atoms with Crippen LogP contribution in [-0.4, -0.2) is 62.1 Å². The van der Waals surface area contributed by atoms with E-state index in [1.807, 2.05) is 30.3 Å². The SMILES string of the molecule is O=C(Cn1cnc2c(cnn2-c2ccccc2)c1=O)N(C1CCCC1)C1CCS(=O)(=O)C1. The van der Waals surface area contributed by atoms with Gasteiger partial charge >= 0.3 is 0 Å². The van der Waals surface area contributed by atoms with Crippen LogP contribution in [0.4, 0.5) is 0 Å². The molecular formula is C22H25N5O4S. The molecule has 1 aliphatic heterocycles. The number of hydrogen-bond acceptors (Lipinski definition) is 6. The number of para-hydroxylation sites is 1. The molecule has 0 N–H and O–H groups in total. The van der Waals surface area contributed by atoms with Gasteiger partial charge in [0.15, 0.2) is 15.5 Å².